The van der Waals surface area contributed by atoms with Crippen molar-refractivity contribution in [1.82, 2.24) is 37.2 Å². The summed E-state index contributed by atoms with van der Waals surface area (Å²) in [6, 6.07) is -0.782. The molecule has 1 rings (SSSR count). The van der Waals surface area contributed by atoms with Gasteiger partial charge in [0.1, 0.15) is 36.3 Å². The van der Waals surface area contributed by atoms with Crippen molar-refractivity contribution in [2.24, 2.45) is 56.2 Å². The monoisotopic (exact) mass is 1000 g/mol. The second kappa shape index (κ2) is 33.4. The van der Waals surface area contributed by atoms with Crippen LogP contribution in [-0.4, -0.2) is 144 Å². The zero-order valence-electron chi connectivity index (χ0n) is 41.1. The summed E-state index contributed by atoms with van der Waals surface area (Å²) in [5.41, 5.74) is 34.2. The minimum absolute atomic E-state index is 0.00685. The maximum Gasteiger partial charge on any atom is 0.326 e. The van der Waals surface area contributed by atoms with Crippen LogP contribution >= 0.6 is 0 Å². The Balaban J connectivity index is 3.41. The molecular weight excluding hydrogens is 927 g/mol. The highest BCUT2D eigenvalue weighted by atomic mass is 16.4. The van der Waals surface area contributed by atoms with Crippen LogP contribution in [0.3, 0.4) is 0 Å². The predicted octanol–water partition coefficient (Wildman–Crippen LogP) is -3.53. The number of nitrogens with zero attached hydrogens (tertiary/aromatic N) is 2. The van der Waals surface area contributed by atoms with Gasteiger partial charge in [-0.15, -0.1) is 0 Å². The van der Waals surface area contributed by atoms with E-state index in [1.165, 1.54) is 0 Å². The summed E-state index contributed by atoms with van der Waals surface area (Å²) in [6.45, 7) is 6.88. The van der Waals surface area contributed by atoms with Gasteiger partial charge < -0.3 is 81.8 Å². The van der Waals surface area contributed by atoms with Crippen molar-refractivity contribution in [3.8, 4) is 0 Å². The number of carboxylic acids is 2. The van der Waals surface area contributed by atoms with Gasteiger partial charge in [0, 0.05) is 19.5 Å². The number of aliphatic imine (C=N–C) groups is 2. The average molecular weight is 1000 g/mol. The van der Waals surface area contributed by atoms with Crippen LogP contribution in [0.2, 0.25) is 0 Å². The van der Waals surface area contributed by atoms with Crippen molar-refractivity contribution in [1.29, 1.82) is 0 Å². The van der Waals surface area contributed by atoms with Crippen molar-refractivity contribution in [2.45, 2.75) is 141 Å². The normalized spacial score (nSPS) is 13.9. The molecule has 0 saturated carbocycles. The number of carbonyl (C=O) groups is 9. The van der Waals surface area contributed by atoms with E-state index in [4.69, 9.17) is 34.4 Å². The van der Waals surface area contributed by atoms with Crippen LogP contribution in [0.15, 0.2) is 40.3 Å². The fourth-order valence-electron chi connectivity index (χ4n) is 6.96. The summed E-state index contributed by atoms with van der Waals surface area (Å²) in [7, 11) is 0. The first kappa shape index (κ1) is 61.9. The molecular formula is C45H77N15O11. The summed E-state index contributed by atoms with van der Waals surface area (Å²) >= 11 is 0. The van der Waals surface area contributed by atoms with Crippen LogP contribution in [0.1, 0.15) is 97.5 Å². The third-order valence-corrected chi connectivity index (χ3v) is 10.5. The predicted molar refractivity (Wildman–Crippen MR) is 264 cm³/mol. The van der Waals surface area contributed by atoms with Crippen LogP contribution in [0.5, 0.6) is 0 Å². The van der Waals surface area contributed by atoms with Gasteiger partial charge in [0.15, 0.2) is 11.9 Å². The lowest BCUT2D eigenvalue weighted by Gasteiger charge is -2.26. The highest BCUT2D eigenvalue weighted by Gasteiger charge is 2.33. The number of hydrogen-bond acceptors (Lipinski definition) is 13. The Morgan fingerprint density at radius 1 is 0.549 bits per heavy atom. The van der Waals surface area contributed by atoms with Gasteiger partial charge in [-0.05, 0) is 81.7 Å². The van der Waals surface area contributed by atoms with Gasteiger partial charge in [-0.3, -0.25) is 48.3 Å². The smallest absolute Gasteiger partial charge is 0.326 e. The van der Waals surface area contributed by atoms with E-state index in [1.807, 2.05) is 13.8 Å². The summed E-state index contributed by atoms with van der Waals surface area (Å²) in [4.78, 5) is 127. The summed E-state index contributed by atoms with van der Waals surface area (Å²) in [5.74, 6) is -9.28. The molecule has 0 radical (unpaired) electrons. The second-order valence-electron chi connectivity index (χ2n) is 17.8. The standard InChI is InChI=1S/C45H77N15O11/c1-25(2)20-28(47)37(64)56-30(15-10-18-52-44(48)49)39(66)57-31(16-11-19-53-45(50)51)40(67)59-32(22-27-12-6-5-7-13-27)38(65)54-24-35(61)55-33(23-36(62)63)42(69)58-29(14-8-9-17-46)41(68)60-34(43(70)71)21-26(3)4/h5-7,12-13,25-26,28-34H,8-11,14-24,46-47H2,1-4H3,(H,54,65)(H,55,61)(H,56,64)(H,57,66)(H,58,69)(H,59,67)(H,60,68)(H,62,63)(H,70,71)(H4,48,49,52)(H4,50,51,53)/t28-,29-,30-,31-,32-,33-,34-/m0/s1. The lowest BCUT2D eigenvalue weighted by atomic mass is 10.0. The third kappa shape index (κ3) is 27.0. The average Bonchev–Trinajstić information content (AvgIpc) is 3.28. The Hall–Kier alpha value is -7.09. The van der Waals surface area contributed by atoms with E-state index in [2.05, 4.69) is 47.2 Å². The van der Waals surface area contributed by atoms with E-state index < -0.39 is 109 Å². The molecule has 0 heterocycles. The summed E-state index contributed by atoms with van der Waals surface area (Å²) in [6.07, 6.45) is 0.515. The van der Waals surface area contributed by atoms with Gasteiger partial charge in [-0.25, -0.2) is 4.79 Å². The Labute approximate surface area is 413 Å². The fraction of sp³-hybridized carbons (Fsp3) is 0.622. The lowest BCUT2D eigenvalue weighted by Crippen LogP contribution is -2.59. The quantitative estimate of drug-likeness (QED) is 0.0178. The molecule has 26 nitrogen and oxygen atoms in total. The molecule has 7 amide bonds. The van der Waals surface area contributed by atoms with Crippen molar-refractivity contribution in [3.05, 3.63) is 35.9 Å². The molecule has 398 valence electrons. The van der Waals surface area contributed by atoms with Crippen molar-refractivity contribution in [3.63, 3.8) is 0 Å². The lowest BCUT2D eigenvalue weighted by molar-refractivity contribution is -0.143. The number of nitrogens with two attached hydrogens (primary N) is 6. The molecule has 1 aromatic carbocycles. The molecule has 26 heteroatoms. The van der Waals surface area contributed by atoms with Crippen molar-refractivity contribution >= 4 is 65.2 Å². The Bertz CT molecular complexity index is 1960. The number of benzene rings is 1. The maximum atomic E-state index is 14.2. The van der Waals surface area contributed by atoms with E-state index in [9.17, 15) is 53.4 Å². The molecule has 7 atom stereocenters. The minimum atomic E-state index is -1.76. The van der Waals surface area contributed by atoms with Gasteiger partial charge in [-0.1, -0.05) is 58.0 Å². The van der Waals surface area contributed by atoms with Crippen molar-refractivity contribution < 1.29 is 53.4 Å². The van der Waals surface area contributed by atoms with E-state index in [0.717, 1.165) is 0 Å². The topological polar surface area (TPSA) is 459 Å². The first-order valence-corrected chi connectivity index (χ1v) is 23.6. The van der Waals surface area contributed by atoms with Gasteiger partial charge in [0.05, 0.1) is 19.0 Å². The molecule has 0 aliphatic rings. The number of amides is 7. The molecule has 21 N–H and O–H groups in total. The van der Waals surface area contributed by atoms with Gasteiger partial charge in [0.25, 0.3) is 0 Å². The number of nitrogens with one attached hydrogen (secondary N) is 7. The number of carbonyl (C=O) groups excluding carboxylic acids is 7. The minimum Gasteiger partial charge on any atom is -0.481 e. The van der Waals surface area contributed by atoms with E-state index in [-0.39, 0.29) is 88.3 Å². The maximum absolute atomic E-state index is 14.2. The van der Waals surface area contributed by atoms with Crippen LogP contribution in [-0.2, 0) is 49.6 Å². The highest BCUT2D eigenvalue weighted by Crippen LogP contribution is 2.11. The molecule has 0 saturated heterocycles. The number of aliphatic carboxylic acids is 2. The first-order chi connectivity index (χ1) is 33.4. The zero-order chi connectivity index (χ0) is 53.6. The van der Waals surface area contributed by atoms with Gasteiger partial charge in [-0.2, -0.15) is 0 Å². The molecule has 0 aliphatic carbocycles. The van der Waals surface area contributed by atoms with Crippen molar-refractivity contribution in [2.75, 3.05) is 26.2 Å². The third-order valence-electron chi connectivity index (χ3n) is 10.5. The summed E-state index contributed by atoms with van der Waals surface area (Å²) < 4.78 is 0. The van der Waals surface area contributed by atoms with Crippen LogP contribution in [0, 0.1) is 11.8 Å². The molecule has 0 unspecified atom stereocenters. The highest BCUT2D eigenvalue weighted by molar-refractivity contribution is 5.97. The van der Waals surface area contributed by atoms with Crippen LogP contribution in [0.25, 0.3) is 0 Å². The molecule has 1 aromatic rings. The molecule has 0 aromatic heterocycles. The fourth-order valence-corrected chi connectivity index (χ4v) is 6.96. The molecule has 0 bridgehead atoms. The largest absolute Gasteiger partial charge is 0.481 e. The SMILES string of the molecule is CC(C)C[C@H](NC(=O)[C@H](CCCCN)NC(=O)[C@H](CC(=O)O)NC(=O)CNC(=O)[C@H](Cc1ccccc1)NC(=O)[C@H](CCCN=C(N)N)NC(=O)[C@H](CCCN=C(N)N)NC(=O)[C@@H](N)CC(C)C)C(=O)O. The van der Waals surface area contributed by atoms with Gasteiger partial charge >= 0.3 is 11.9 Å². The van der Waals surface area contributed by atoms with Gasteiger partial charge in [0.2, 0.25) is 41.4 Å². The second-order valence-corrected chi connectivity index (χ2v) is 17.8. The number of guanidine groups is 2. The Morgan fingerprint density at radius 2 is 1.00 bits per heavy atom. The molecule has 0 spiro atoms. The number of carboxylic acid groups (broad SMARTS) is 2. The van der Waals surface area contributed by atoms with E-state index in [1.54, 1.807) is 44.2 Å². The first-order valence-electron chi connectivity index (χ1n) is 23.6. The number of unbranched alkanes of at least 4 members (excludes halogenated alkanes) is 1. The van der Waals surface area contributed by atoms with E-state index in [0.29, 0.717) is 24.8 Å². The summed E-state index contributed by atoms with van der Waals surface area (Å²) in [5, 5.41) is 36.7. The number of rotatable bonds is 35. The Kier molecular flexibility index (Phi) is 29.2. The molecule has 71 heavy (non-hydrogen) atoms. The van der Waals surface area contributed by atoms with E-state index >= 15 is 0 Å². The van der Waals surface area contributed by atoms with Crippen LogP contribution < -0.4 is 71.6 Å². The Morgan fingerprint density at radius 3 is 1.45 bits per heavy atom. The molecule has 0 fully saturated rings. The van der Waals surface area contributed by atoms with Crippen LogP contribution in [0.4, 0.5) is 0 Å². The zero-order valence-corrected chi connectivity index (χ0v) is 41.1. The number of hydrogen-bond donors (Lipinski definition) is 15. The molecule has 0 aliphatic heterocycles.